The van der Waals surface area contributed by atoms with Gasteiger partial charge in [0.05, 0.1) is 12.2 Å². The van der Waals surface area contributed by atoms with Crippen molar-refractivity contribution in [3.05, 3.63) is 35.4 Å². The van der Waals surface area contributed by atoms with Crippen LogP contribution in [0.4, 0.5) is 18.0 Å². The molecule has 2 N–H and O–H groups in total. The molecule has 1 aromatic rings. The first kappa shape index (κ1) is 24.3. The van der Waals surface area contributed by atoms with Gasteiger partial charge in [0, 0.05) is 32.7 Å². The summed E-state index contributed by atoms with van der Waals surface area (Å²) in [6.45, 7) is 3.52. The van der Waals surface area contributed by atoms with Crippen LogP contribution in [-0.2, 0) is 17.5 Å². The number of alkyl halides is 3. The lowest BCUT2D eigenvalue weighted by atomic mass is 10.1. The number of nitrogens with one attached hydrogen (secondary N) is 2. The molecule has 1 aliphatic rings. The highest BCUT2D eigenvalue weighted by molar-refractivity contribution is 14.0. The molecule has 0 atom stereocenters. The number of aliphatic imine (C=N–C) groups is 1. The third-order valence-electron chi connectivity index (χ3n) is 4.30. The Balaban J connectivity index is 0.00000392. The van der Waals surface area contributed by atoms with E-state index in [9.17, 15) is 18.0 Å². The molecule has 1 heterocycles. The Morgan fingerprint density at radius 3 is 2.57 bits per heavy atom. The summed E-state index contributed by atoms with van der Waals surface area (Å²) in [6.07, 6.45) is -3.18. The smallest absolute Gasteiger partial charge is 0.416 e. The normalized spacial score (nSPS) is 15.6. The van der Waals surface area contributed by atoms with Crippen molar-refractivity contribution in [2.75, 3.05) is 26.7 Å². The molecule has 0 saturated carbocycles. The number of halogens is 4. The predicted octanol–water partition coefficient (Wildman–Crippen LogP) is 3.61. The number of nitrogens with zero attached hydrogens (tertiary/aromatic N) is 2. The lowest BCUT2D eigenvalue weighted by Crippen LogP contribution is -2.49. The molecule has 1 saturated heterocycles. The second-order valence-corrected chi connectivity index (χ2v) is 6.23. The molecule has 1 aliphatic heterocycles. The zero-order valence-corrected chi connectivity index (χ0v) is 18.2. The van der Waals surface area contributed by atoms with Gasteiger partial charge < -0.3 is 20.3 Å². The van der Waals surface area contributed by atoms with Crippen LogP contribution >= 0.6 is 24.0 Å². The van der Waals surface area contributed by atoms with Gasteiger partial charge >= 0.3 is 12.3 Å². The predicted molar refractivity (Wildman–Crippen MR) is 112 cm³/mol. The van der Waals surface area contributed by atoms with Crippen LogP contribution < -0.4 is 10.6 Å². The molecule has 0 aliphatic carbocycles. The van der Waals surface area contributed by atoms with Crippen LogP contribution in [0.1, 0.15) is 30.9 Å². The maximum Gasteiger partial charge on any atom is 0.416 e. The minimum absolute atomic E-state index is 0. The van der Waals surface area contributed by atoms with Crippen molar-refractivity contribution >= 4 is 36.0 Å². The summed E-state index contributed by atoms with van der Waals surface area (Å²) in [5.74, 6) is 0.516. The largest absolute Gasteiger partial charge is 0.450 e. The second-order valence-electron chi connectivity index (χ2n) is 6.23. The van der Waals surface area contributed by atoms with Crippen molar-refractivity contribution in [3.63, 3.8) is 0 Å². The average molecular weight is 514 g/mol. The number of guanidine groups is 1. The highest BCUT2D eigenvalue weighted by atomic mass is 127. The third kappa shape index (κ3) is 7.36. The van der Waals surface area contributed by atoms with Crippen molar-refractivity contribution in [1.29, 1.82) is 0 Å². The summed E-state index contributed by atoms with van der Waals surface area (Å²) in [6, 6.07) is 5.32. The molecule has 0 radical (unpaired) electrons. The standard InChI is InChI=1S/C18H25F3N4O2.HI/c1-3-27-17(26)25-9-7-15(8-10-25)24-16(22-2)23-12-13-5-4-6-14(11-13)18(19,20)21;/h4-6,11,15H,3,7-10,12H2,1-2H3,(H2,22,23,24);1H. The number of piperidine rings is 1. The van der Waals surface area contributed by atoms with E-state index in [1.54, 1.807) is 24.9 Å². The van der Waals surface area contributed by atoms with E-state index in [1.807, 2.05) is 0 Å². The minimum atomic E-state index is -4.36. The van der Waals surface area contributed by atoms with Crippen LogP contribution in [-0.4, -0.2) is 49.7 Å². The van der Waals surface area contributed by atoms with Crippen molar-refractivity contribution < 1.29 is 22.7 Å². The summed E-state index contributed by atoms with van der Waals surface area (Å²) >= 11 is 0. The summed E-state index contributed by atoms with van der Waals surface area (Å²) in [7, 11) is 1.61. The van der Waals surface area contributed by atoms with E-state index >= 15 is 0 Å². The molecule has 0 unspecified atom stereocenters. The van der Waals surface area contributed by atoms with Crippen LogP contribution in [0.25, 0.3) is 0 Å². The van der Waals surface area contributed by atoms with Crippen molar-refractivity contribution in [1.82, 2.24) is 15.5 Å². The Morgan fingerprint density at radius 1 is 1.32 bits per heavy atom. The van der Waals surface area contributed by atoms with Crippen LogP contribution in [0.15, 0.2) is 29.3 Å². The van der Waals surface area contributed by atoms with Crippen molar-refractivity contribution in [2.24, 2.45) is 4.99 Å². The van der Waals surface area contributed by atoms with E-state index in [-0.39, 0.29) is 42.7 Å². The van der Waals surface area contributed by atoms with Gasteiger partial charge in [-0.05, 0) is 37.5 Å². The number of hydrogen-bond acceptors (Lipinski definition) is 3. The minimum Gasteiger partial charge on any atom is -0.450 e. The van der Waals surface area contributed by atoms with Crippen LogP contribution in [0.3, 0.4) is 0 Å². The van der Waals surface area contributed by atoms with Crippen molar-refractivity contribution in [2.45, 2.75) is 38.5 Å². The molecule has 1 fully saturated rings. The van der Waals surface area contributed by atoms with Crippen molar-refractivity contribution in [3.8, 4) is 0 Å². The fourth-order valence-corrected chi connectivity index (χ4v) is 2.85. The first-order chi connectivity index (χ1) is 12.8. The Kier molecular flexibility index (Phi) is 9.83. The third-order valence-corrected chi connectivity index (χ3v) is 4.30. The monoisotopic (exact) mass is 514 g/mol. The van der Waals surface area contributed by atoms with Gasteiger partial charge in [-0.25, -0.2) is 4.79 Å². The van der Waals surface area contributed by atoms with Crippen LogP contribution in [0.2, 0.25) is 0 Å². The van der Waals surface area contributed by atoms with E-state index in [4.69, 9.17) is 4.74 Å². The average Bonchev–Trinajstić information content (AvgIpc) is 2.65. The number of ether oxygens (including phenoxy) is 1. The Morgan fingerprint density at radius 2 is 2.00 bits per heavy atom. The van der Waals surface area contributed by atoms with Gasteiger partial charge in [0.2, 0.25) is 0 Å². The Labute approximate surface area is 179 Å². The second kappa shape index (κ2) is 11.3. The summed E-state index contributed by atoms with van der Waals surface area (Å²) < 4.78 is 43.3. The van der Waals surface area contributed by atoms with Gasteiger partial charge in [0.1, 0.15) is 0 Å². The van der Waals surface area contributed by atoms with E-state index in [1.165, 1.54) is 6.07 Å². The van der Waals surface area contributed by atoms with Gasteiger partial charge in [0.25, 0.3) is 0 Å². The van der Waals surface area contributed by atoms with Gasteiger partial charge in [-0.15, -0.1) is 24.0 Å². The number of carbonyl (C=O) groups excluding carboxylic acids is 1. The molecule has 10 heteroatoms. The van der Waals surface area contributed by atoms with Gasteiger partial charge in [-0.2, -0.15) is 13.2 Å². The number of rotatable bonds is 4. The highest BCUT2D eigenvalue weighted by Crippen LogP contribution is 2.29. The van der Waals surface area contributed by atoms with Gasteiger partial charge in [0.15, 0.2) is 5.96 Å². The molecule has 158 valence electrons. The number of hydrogen-bond donors (Lipinski definition) is 2. The fraction of sp³-hybridized carbons (Fsp3) is 0.556. The van der Waals surface area contributed by atoms with Gasteiger partial charge in [-0.1, -0.05) is 12.1 Å². The molecule has 0 bridgehead atoms. The number of benzene rings is 1. The highest BCUT2D eigenvalue weighted by Gasteiger charge is 2.30. The molecular weight excluding hydrogens is 488 g/mol. The molecule has 0 spiro atoms. The van der Waals surface area contributed by atoms with Gasteiger partial charge in [-0.3, -0.25) is 4.99 Å². The fourth-order valence-electron chi connectivity index (χ4n) is 2.85. The Hall–Kier alpha value is -1.72. The first-order valence-electron chi connectivity index (χ1n) is 8.88. The molecular formula is C18H26F3IN4O2. The maximum atomic E-state index is 12.8. The van der Waals surface area contributed by atoms with Crippen LogP contribution in [0.5, 0.6) is 0 Å². The summed E-state index contributed by atoms with van der Waals surface area (Å²) in [4.78, 5) is 17.5. The lowest BCUT2D eigenvalue weighted by Gasteiger charge is -2.32. The SMILES string of the molecule is CCOC(=O)N1CCC(NC(=NC)NCc2cccc(C(F)(F)F)c2)CC1.I. The lowest BCUT2D eigenvalue weighted by molar-refractivity contribution is -0.137. The van der Waals surface area contributed by atoms with E-state index in [0.717, 1.165) is 25.0 Å². The molecule has 1 aromatic carbocycles. The molecule has 28 heavy (non-hydrogen) atoms. The van der Waals surface area contributed by atoms with E-state index < -0.39 is 11.7 Å². The summed E-state index contributed by atoms with van der Waals surface area (Å²) in [5.41, 5.74) is -0.152. The quantitative estimate of drug-likeness (QED) is 0.366. The van der Waals surface area contributed by atoms with E-state index in [0.29, 0.717) is 31.2 Å². The molecule has 2 rings (SSSR count). The number of likely N-dealkylation sites (tertiary alicyclic amines) is 1. The molecule has 0 aromatic heterocycles. The summed E-state index contributed by atoms with van der Waals surface area (Å²) in [5, 5.41) is 6.28. The van der Waals surface area contributed by atoms with E-state index in [2.05, 4.69) is 15.6 Å². The topological polar surface area (TPSA) is 66.0 Å². The first-order valence-corrected chi connectivity index (χ1v) is 8.88. The van der Waals surface area contributed by atoms with Crippen LogP contribution in [0, 0.1) is 0 Å². The molecule has 1 amide bonds. The maximum absolute atomic E-state index is 12.8. The zero-order chi connectivity index (χ0) is 19.9. The number of carbonyl (C=O) groups is 1. The Bertz CT molecular complexity index is 662. The molecule has 6 nitrogen and oxygen atoms in total. The number of amides is 1. The zero-order valence-electron chi connectivity index (χ0n) is 15.9.